The van der Waals surface area contributed by atoms with E-state index in [0.29, 0.717) is 11.3 Å². The first-order chi connectivity index (χ1) is 10.8. The van der Waals surface area contributed by atoms with E-state index in [1.54, 1.807) is 16.0 Å². The molecule has 0 bridgehead atoms. The fourth-order valence-corrected chi connectivity index (χ4v) is 2.77. The second kappa shape index (κ2) is 4.83. The van der Waals surface area contributed by atoms with E-state index in [-0.39, 0.29) is 12.2 Å². The van der Waals surface area contributed by atoms with Gasteiger partial charge in [-0.3, -0.25) is 23.1 Å². The largest absolute Gasteiger partial charge is 0.468 e. The van der Waals surface area contributed by atoms with E-state index in [4.69, 9.17) is 4.74 Å². The Hall–Kier alpha value is -2.84. The molecule has 3 rings (SSSR count). The molecular weight excluding hydrogens is 302 g/mol. The van der Waals surface area contributed by atoms with Crippen molar-refractivity contribution >= 4 is 22.9 Å². The summed E-state index contributed by atoms with van der Waals surface area (Å²) in [6, 6.07) is 0. The maximum absolute atomic E-state index is 12.5. The van der Waals surface area contributed by atoms with Crippen molar-refractivity contribution in [1.82, 2.24) is 23.1 Å². The lowest BCUT2D eigenvalue weighted by molar-refractivity contribution is -0.141. The number of carbonyl (C=O) groups excluding carboxylic acids is 1. The van der Waals surface area contributed by atoms with E-state index in [2.05, 4.69) is 4.98 Å². The number of fused-ring (bicyclic) bond motifs is 3. The highest BCUT2D eigenvalue weighted by atomic mass is 16.5. The summed E-state index contributed by atoms with van der Waals surface area (Å²) in [5, 5.41) is 0. The van der Waals surface area contributed by atoms with Crippen molar-refractivity contribution in [2.24, 2.45) is 14.1 Å². The predicted octanol–water partition coefficient (Wildman–Crippen LogP) is -0.524. The topological polar surface area (TPSA) is 92.5 Å². The van der Waals surface area contributed by atoms with Gasteiger partial charge >= 0.3 is 11.7 Å². The third-order valence-corrected chi connectivity index (χ3v) is 4.26. The lowest BCUT2D eigenvalue weighted by Gasteiger charge is -2.05. The van der Waals surface area contributed by atoms with Crippen LogP contribution < -0.4 is 11.2 Å². The van der Waals surface area contributed by atoms with Gasteiger partial charge in [-0.1, -0.05) is 0 Å². The zero-order valence-electron chi connectivity index (χ0n) is 13.6. The molecule has 0 aromatic carbocycles. The van der Waals surface area contributed by atoms with Crippen LogP contribution in [0.2, 0.25) is 0 Å². The first kappa shape index (κ1) is 15.1. The van der Waals surface area contributed by atoms with Gasteiger partial charge in [0, 0.05) is 25.5 Å². The molecule has 3 heterocycles. The SMILES string of the molecule is COC(=O)Cn1c(C)c(C)n2c3c(=O)n(C)c(=O)n(C)c3nc12. The molecule has 0 N–H and O–H groups in total. The molecule has 0 unspecified atom stereocenters. The molecule has 0 saturated carbocycles. The average Bonchev–Trinajstić information content (AvgIpc) is 3.03. The zero-order valence-corrected chi connectivity index (χ0v) is 13.6. The minimum atomic E-state index is -0.447. The molecule has 0 aliphatic heterocycles. The maximum atomic E-state index is 12.5. The molecule has 9 nitrogen and oxygen atoms in total. The van der Waals surface area contributed by atoms with Crippen LogP contribution in [-0.4, -0.2) is 36.2 Å². The van der Waals surface area contributed by atoms with E-state index >= 15 is 0 Å². The summed E-state index contributed by atoms with van der Waals surface area (Å²) >= 11 is 0. The number of hydrogen-bond acceptors (Lipinski definition) is 5. The van der Waals surface area contributed by atoms with Gasteiger partial charge in [-0.15, -0.1) is 0 Å². The highest BCUT2D eigenvalue weighted by Crippen LogP contribution is 2.20. The second-order valence-corrected chi connectivity index (χ2v) is 5.46. The number of carbonyl (C=O) groups is 1. The Kier molecular flexibility index (Phi) is 3.17. The summed E-state index contributed by atoms with van der Waals surface area (Å²) < 4.78 is 10.4. The van der Waals surface area contributed by atoms with Crippen molar-refractivity contribution in [1.29, 1.82) is 0 Å². The van der Waals surface area contributed by atoms with Gasteiger partial charge in [0.05, 0.1) is 7.11 Å². The number of hydrogen-bond donors (Lipinski definition) is 0. The third-order valence-electron chi connectivity index (χ3n) is 4.26. The predicted molar refractivity (Wildman–Crippen MR) is 82.7 cm³/mol. The van der Waals surface area contributed by atoms with Crippen LogP contribution >= 0.6 is 0 Å². The Morgan fingerprint density at radius 2 is 1.78 bits per heavy atom. The number of aromatic nitrogens is 5. The summed E-state index contributed by atoms with van der Waals surface area (Å²) in [6.07, 6.45) is 0. The minimum Gasteiger partial charge on any atom is -0.468 e. The summed E-state index contributed by atoms with van der Waals surface area (Å²) in [5.74, 6) is 0.0122. The van der Waals surface area contributed by atoms with E-state index in [0.717, 1.165) is 16.0 Å². The lowest BCUT2D eigenvalue weighted by Crippen LogP contribution is -2.37. The standard InChI is InChI=1S/C14H17N5O4/c1-7-8(2)19-10-11(16(3)14(22)17(4)12(10)21)15-13(19)18(7)6-9(20)23-5/h6H2,1-5H3. The van der Waals surface area contributed by atoms with Crippen molar-refractivity contribution in [2.75, 3.05) is 7.11 Å². The third kappa shape index (κ3) is 1.85. The van der Waals surface area contributed by atoms with Crippen molar-refractivity contribution in [3.63, 3.8) is 0 Å². The number of esters is 1. The molecule has 122 valence electrons. The maximum Gasteiger partial charge on any atom is 0.332 e. The first-order valence-electron chi connectivity index (χ1n) is 7.00. The molecule has 0 spiro atoms. The van der Waals surface area contributed by atoms with Crippen LogP contribution in [0.15, 0.2) is 9.59 Å². The van der Waals surface area contributed by atoms with Gasteiger partial charge in [0.25, 0.3) is 5.56 Å². The van der Waals surface area contributed by atoms with Crippen LogP contribution in [0, 0.1) is 13.8 Å². The van der Waals surface area contributed by atoms with E-state index in [1.165, 1.54) is 18.7 Å². The van der Waals surface area contributed by atoms with Gasteiger partial charge in [-0.05, 0) is 13.8 Å². The lowest BCUT2D eigenvalue weighted by atomic mass is 10.3. The van der Waals surface area contributed by atoms with Crippen LogP contribution in [0.1, 0.15) is 11.4 Å². The molecule has 0 saturated heterocycles. The second-order valence-electron chi connectivity index (χ2n) is 5.46. The summed E-state index contributed by atoms with van der Waals surface area (Å²) in [4.78, 5) is 40.6. The highest BCUT2D eigenvalue weighted by Gasteiger charge is 2.22. The number of imidazole rings is 2. The Labute approximate surface area is 130 Å². The van der Waals surface area contributed by atoms with E-state index < -0.39 is 17.2 Å². The molecule has 0 fully saturated rings. The van der Waals surface area contributed by atoms with Crippen LogP contribution in [0.3, 0.4) is 0 Å². The highest BCUT2D eigenvalue weighted by molar-refractivity contribution is 5.77. The van der Waals surface area contributed by atoms with Gasteiger partial charge in [0.1, 0.15) is 6.54 Å². The van der Waals surface area contributed by atoms with Crippen molar-refractivity contribution in [2.45, 2.75) is 20.4 Å². The Bertz CT molecular complexity index is 1080. The summed E-state index contributed by atoms with van der Waals surface area (Å²) in [5.41, 5.74) is 1.31. The molecule has 3 aromatic rings. The van der Waals surface area contributed by atoms with Gasteiger partial charge in [0.15, 0.2) is 11.2 Å². The molecule has 3 aromatic heterocycles. The fourth-order valence-electron chi connectivity index (χ4n) is 2.77. The number of aryl methyl sites for hydroxylation is 2. The van der Waals surface area contributed by atoms with Crippen LogP contribution in [0.5, 0.6) is 0 Å². The van der Waals surface area contributed by atoms with Crippen LogP contribution in [0.4, 0.5) is 0 Å². The van der Waals surface area contributed by atoms with Gasteiger partial charge in [-0.2, -0.15) is 4.98 Å². The number of methoxy groups -OCH3 is 1. The normalized spacial score (nSPS) is 11.5. The van der Waals surface area contributed by atoms with Gasteiger partial charge < -0.3 is 9.30 Å². The minimum absolute atomic E-state index is 0.0166. The Morgan fingerprint density at radius 3 is 2.39 bits per heavy atom. The van der Waals surface area contributed by atoms with Gasteiger partial charge in [-0.25, -0.2) is 4.79 Å². The zero-order chi connectivity index (χ0) is 17.0. The average molecular weight is 319 g/mol. The molecular formula is C14H17N5O4. The molecule has 0 amide bonds. The molecule has 0 radical (unpaired) electrons. The van der Waals surface area contributed by atoms with E-state index in [1.807, 2.05) is 13.8 Å². The monoisotopic (exact) mass is 319 g/mol. The van der Waals surface area contributed by atoms with Crippen LogP contribution in [0.25, 0.3) is 16.9 Å². The van der Waals surface area contributed by atoms with Crippen LogP contribution in [-0.2, 0) is 30.2 Å². The van der Waals surface area contributed by atoms with Crippen molar-refractivity contribution < 1.29 is 9.53 Å². The molecule has 0 atom stereocenters. The number of rotatable bonds is 2. The van der Waals surface area contributed by atoms with E-state index in [9.17, 15) is 14.4 Å². The number of ether oxygens (including phenoxy) is 1. The quantitative estimate of drug-likeness (QED) is 0.592. The van der Waals surface area contributed by atoms with Crippen molar-refractivity contribution in [3.05, 3.63) is 32.2 Å². The molecule has 9 heteroatoms. The molecule has 0 aliphatic rings. The summed E-state index contributed by atoms with van der Waals surface area (Å²) in [6.45, 7) is 3.66. The number of nitrogens with zero attached hydrogens (tertiary/aromatic N) is 5. The molecule has 0 aliphatic carbocycles. The Morgan fingerprint density at radius 1 is 1.13 bits per heavy atom. The van der Waals surface area contributed by atoms with Crippen molar-refractivity contribution in [3.8, 4) is 0 Å². The van der Waals surface area contributed by atoms with Gasteiger partial charge in [0.2, 0.25) is 5.78 Å². The first-order valence-corrected chi connectivity index (χ1v) is 7.00. The fraction of sp³-hybridized carbons (Fsp3) is 0.429. The summed E-state index contributed by atoms with van der Waals surface area (Å²) in [7, 11) is 4.30. The Balaban J connectivity index is 2.52. The molecule has 23 heavy (non-hydrogen) atoms. The smallest absolute Gasteiger partial charge is 0.332 e.